The second-order valence-electron chi connectivity index (χ2n) is 11.6. The third-order valence-corrected chi connectivity index (χ3v) is 7.49. The van der Waals surface area contributed by atoms with Crippen LogP contribution in [0, 0.1) is 5.92 Å². The van der Waals surface area contributed by atoms with Crippen LogP contribution in [0.15, 0.2) is 18.2 Å². The molecule has 0 atom stereocenters. The zero-order chi connectivity index (χ0) is 28.2. The fourth-order valence-electron chi connectivity index (χ4n) is 5.35. The molecule has 0 unspecified atom stereocenters. The highest BCUT2D eigenvalue weighted by molar-refractivity contribution is 6.07. The molecule has 2 N–H and O–H groups in total. The number of hydrogen-bond acceptors (Lipinski definition) is 7. The summed E-state index contributed by atoms with van der Waals surface area (Å²) < 4.78 is 10.9. The molecule has 0 aliphatic carbocycles. The lowest BCUT2D eigenvalue weighted by molar-refractivity contribution is -0.120. The summed E-state index contributed by atoms with van der Waals surface area (Å²) in [4.78, 5) is 55.0. The minimum Gasteiger partial charge on any atom is -0.495 e. The highest BCUT2D eigenvalue weighted by atomic mass is 16.6. The van der Waals surface area contributed by atoms with E-state index in [1.165, 1.54) is 12.0 Å². The van der Waals surface area contributed by atoms with E-state index in [4.69, 9.17) is 9.47 Å². The van der Waals surface area contributed by atoms with Crippen molar-refractivity contribution in [3.05, 3.63) is 23.8 Å². The lowest BCUT2D eigenvalue weighted by Crippen LogP contribution is -2.49. The molecule has 39 heavy (non-hydrogen) atoms. The second-order valence-corrected chi connectivity index (χ2v) is 11.6. The van der Waals surface area contributed by atoms with Crippen molar-refractivity contribution in [2.45, 2.75) is 64.5 Å². The van der Waals surface area contributed by atoms with Crippen LogP contribution in [0.2, 0.25) is 0 Å². The lowest BCUT2D eigenvalue weighted by atomic mass is 9.95. The standard InChI is InChI=1S/C28H41N5O6/c1-28(2,3)39-27(37)32-14-7-19(8-15-32)18-31-12-9-21(10-13-31)29-25(35)20-5-6-23(38-4)22(17-20)33-16-11-24(34)30-26(33)36/h5-6,17,19,21H,7-16,18H2,1-4H3,(H,29,35)(H,30,34,36). The number of nitrogens with zero attached hydrogens (tertiary/aromatic N) is 3. The minimum atomic E-state index is -0.523. The number of likely N-dealkylation sites (tertiary alicyclic amines) is 2. The number of ether oxygens (including phenoxy) is 2. The number of carbonyl (C=O) groups excluding carboxylic acids is 4. The average Bonchev–Trinajstić information content (AvgIpc) is 2.89. The molecule has 4 rings (SSSR count). The number of carbonyl (C=O) groups is 4. The Kier molecular flexibility index (Phi) is 8.99. The van der Waals surface area contributed by atoms with E-state index in [0.717, 1.165) is 58.4 Å². The molecule has 0 bridgehead atoms. The van der Waals surface area contributed by atoms with Crippen molar-refractivity contribution in [2.24, 2.45) is 5.92 Å². The summed E-state index contributed by atoms with van der Waals surface area (Å²) in [6.07, 6.45) is 3.63. The van der Waals surface area contributed by atoms with Crippen LogP contribution in [0.25, 0.3) is 0 Å². The lowest BCUT2D eigenvalue weighted by Gasteiger charge is -2.38. The Morgan fingerprint density at radius 2 is 1.72 bits per heavy atom. The normalized spacial score (nSPS) is 20.0. The number of rotatable bonds is 6. The van der Waals surface area contributed by atoms with Gasteiger partial charge in [-0.3, -0.25) is 19.8 Å². The van der Waals surface area contributed by atoms with Gasteiger partial charge in [0.1, 0.15) is 11.4 Å². The number of piperidine rings is 2. The summed E-state index contributed by atoms with van der Waals surface area (Å²) in [5.74, 6) is 0.498. The van der Waals surface area contributed by atoms with E-state index < -0.39 is 11.6 Å². The molecular formula is C28H41N5O6. The van der Waals surface area contributed by atoms with Crippen molar-refractivity contribution >= 4 is 29.6 Å². The summed E-state index contributed by atoms with van der Waals surface area (Å²) in [7, 11) is 1.50. The Labute approximate surface area is 230 Å². The molecule has 214 valence electrons. The summed E-state index contributed by atoms with van der Waals surface area (Å²) in [6.45, 7) is 10.2. The maximum absolute atomic E-state index is 13.1. The number of urea groups is 1. The van der Waals surface area contributed by atoms with Gasteiger partial charge in [0, 0.05) is 57.3 Å². The molecule has 3 aliphatic rings. The van der Waals surface area contributed by atoms with Crippen LogP contribution in [0.4, 0.5) is 15.3 Å². The number of anilines is 1. The van der Waals surface area contributed by atoms with Gasteiger partial charge in [-0.15, -0.1) is 0 Å². The van der Waals surface area contributed by atoms with Crippen molar-refractivity contribution in [2.75, 3.05) is 51.3 Å². The maximum atomic E-state index is 13.1. The highest BCUT2D eigenvalue weighted by Gasteiger charge is 2.30. The number of amides is 5. The van der Waals surface area contributed by atoms with Gasteiger partial charge in [0.25, 0.3) is 5.91 Å². The van der Waals surface area contributed by atoms with Crippen molar-refractivity contribution in [1.82, 2.24) is 20.4 Å². The Hall–Kier alpha value is -3.34. The molecule has 3 saturated heterocycles. The average molecular weight is 544 g/mol. The zero-order valence-corrected chi connectivity index (χ0v) is 23.5. The van der Waals surface area contributed by atoms with E-state index >= 15 is 0 Å². The van der Waals surface area contributed by atoms with Crippen molar-refractivity contribution in [1.29, 1.82) is 0 Å². The van der Waals surface area contributed by atoms with Crippen LogP contribution in [0.3, 0.4) is 0 Å². The van der Waals surface area contributed by atoms with Crippen molar-refractivity contribution in [3.8, 4) is 5.75 Å². The SMILES string of the molecule is COc1ccc(C(=O)NC2CCN(CC3CCN(C(=O)OC(C)(C)C)CC3)CC2)cc1N1CCC(=O)NC1=O. The Balaban J connectivity index is 1.24. The predicted octanol–water partition coefficient (Wildman–Crippen LogP) is 2.98. The number of nitrogens with one attached hydrogen (secondary N) is 2. The fraction of sp³-hybridized carbons (Fsp3) is 0.643. The monoisotopic (exact) mass is 543 g/mol. The third kappa shape index (κ3) is 7.62. The Morgan fingerprint density at radius 1 is 1.03 bits per heavy atom. The quantitative estimate of drug-likeness (QED) is 0.566. The van der Waals surface area contributed by atoms with Gasteiger partial charge in [0.2, 0.25) is 5.91 Å². The van der Waals surface area contributed by atoms with Crippen LogP contribution >= 0.6 is 0 Å². The molecule has 3 heterocycles. The summed E-state index contributed by atoms with van der Waals surface area (Å²) in [5.41, 5.74) is 0.423. The number of imide groups is 1. The first-order chi connectivity index (χ1) is 18.5. The molecular weight excluding hydrogens is 502 g/mol. The van der Waals surface area contributed by atoms with Crippen LogP contribution < -0.4 is 20.3 Å². The fourth-order valence-corrected chi connectivity index (χ4v) is 5.35. The van der Waals surface area contributed by atoms with Crippen LogP contribution in [-0.2, 0) is 9.53 Å². The Morgan fingerprint density at radius 3 is 2.33 bits per heavy atom. The summed E-state index contributed by atoms with van der Waals surface area (Å²) >= 11 is 0. The van der Waals surface area contributed by atoms with E-state index in [0.29, 0.717) is 22.9 Å². The van der Waals surface area contributed by atoms with Gasteiger partial charge in [0.15, 0.2) is 0 Å². The molecule has 1 aromatic rings. The first-order valence-electron chi connectivity index (χ1n) is 13.8. The van der Waals surface area contributed by atoms with E-state index in [9.17, 15) is 19.2 Å². The van der Waals surface area contributed by atoms with Gasteiger partial charge >= 0.3 is 12.1 Å². The van der Waals surface area contributed by atoms with Crippen LogP contribution in [-0.4, -0.2) is 91.8 Å². The molecule has 0 radical (unpaired) electrons. The molecule has 1 aromatic carbocycles. The predicted molar refractivity (Wildman–Crippen MR) is 146 cm³/mol. The molecule has 3 fully saturated rings. The largest absolute Gasteiger partial charge is 0.495 e. The topological polar surface area (TPSA) is 121 Å². The number of hydrogen-bond donors (Lipinski definition) is 2. The van der Waals surface area contributed by atoms with E-state index in [-0.39, 0.29) is 36.9 Å². The molecule has 0 saturated carbocycles. The maximum Gasteiger partial charge on any atom is 0.410 e. The zero-order valence-electron chi connectivity index (χ0n) is 23.5. The molecule has 11 nitrogen and oxygen atoms in total. The Bertz CT molecular complexity index is 1070. The van der Waals surface area contributed by atoms with Gasteiger partial charge in [-0.25, -0.2) is 9.59 Å². The van der Waals surface area contributed by atoms with Crippen LogP contribution in [0.1, 0.15) is 63.2 Å². The molecule has 11 heteroatoms. The second kappa shape index (κ2) is 12.2. The number of methoxy groups -OCH3 is 1. The van der Waals surface area contributed by atoms with Crippen LogP contribution in [0.5, 0.6) is 5.75 Å². The molecule has 5 amide bonds. The number of benzene rings is 1. The van der Waals surface area contributed by atoms with E-state index in [1.807, 2.05) is 25.7 Å². The van der Waals surface area contributed by atoms with Gasteiger partial charge < -0.3 is 24.6 Å². The van der Waals surface area contributed by atoms with Gasteiger partial charge in [-0.2, -0.15) is 0 Å². The van der Waals surface area contributed by atoms with Crippen molar-refractivity contribution < 1.29 is 28.7 Å². The van der Waals surface area contributed by atoms with Gasteiger partial charge in [-0.1, -0.05) is 0 Å². The molecule has 3 aliphatic heterocycles. The van der Waals surface area contributed by atoms with E-state index in [1.54, 1.807) is 18.2 Å². The van der Waals surface area contributed by atoms with Crippen molar-refractivity contribution in [3.63, 3.8) is 0 Å². The summed E-state index contributed by atoms with van der Waals surface area (Å²) in [6, 6.07) is 4.55. The third-order valence-electron chi connectivity index (χ3n) is 7.49. The molecule has 0 aromatic heterocycles. The van der Waals surface area contributed by atoms with Gasteiger partial charge in [0.05, 0.1) is 12.8 Å². The first-order valence-corrected chi connectivity index (χ1v) is 13.8. The summed E-state index contributed by atoms with van der Waals surface area (Å²) in [5, 5.41) is 5.45. The smallest absolute Gasteiger partial charge is 0.410 e. The van der Waals surface area contributed by atoms with Gasteiger partial charge in [-0.05, 0) is 70.6 Å². The highest BCUT2D eigenvalue weighted by Crippen LogP contribution is 2.31. The minimum absolute atomic E-state index is 0.0734. The molecule has 0 spiro atoms. The van der Waals surface area contributed by atoms with E-state index in [2.05, 4.69) is 15.5 Å². The first kappa shape index (κ1) is 28.7.